The Kier molecular flexibility index (Phi) is 4.65. The van der Waals surface area contributed by atoms with Gasteiger partial charge in [-0.3, -0.25) is 0 Å². The quantitative estimate of drug-likeness (QED) is 0.890. The molecule has 0 aliphatic carbocycles. The summed E-state index contributed by atoms with van der Waals surface area (Å²) in [5, 5.41) is 12.9. The van der Waals surface area contributed by atoms with E-state index in [-0.39, 0.29) is 12.0 Å². The van der Waals surface area contributed by atoms with Crippen molar-refractivity contribution < 1.29 is 4.74 Å². The molecule has 92 valence electrons. The van der Waals surface area contributed by atoms with Crippen molar-refractivity contribution in [2.75, 3.05) is 12.4 Å². The van der Waals surface area contributed by atoms with Crippen LogP contribution in [0.25, 0.3) is 0 Å². The van der Waals surface area contributed by atoms with Crippen molar-refractivity contribution >= 4 is 17.3 Å². The first kappa shape index (κ1) is 13.7. The minimum Gasteiger partial charge on any atom is -0.495 e. The molecule has 0 saturated carbocycles. The Morgan fingerprint density at radius 1 is 1.41 bits per heavy atom. The Bertz CT molecular complexity index is 438. The lowest BCUT2D eigenvalue weighted by atomic mass is 10.1. The smallest absolute Gasteiger partial charge is 0.143 e. The van der Waals surface area contributed by atoms with E-state index in [0.717, 1.165) is 11.3 Å². The Morgan fingerprint density at radius 2 is 2.06 bits per heavy atom. The van der Waals surface area contributed by atoms with Crippen LogP contribution in [-0.2, 0) is 0 Å². The lowest BCUT2D eigenvalue weighted by molar-refractivity contribution is 0.415. The highest BCUT2D eigenvalue weighted by Crippen LogP contribution is 2.31. The van der Waals surface area contributed by atoms with Crippen molar-refractivity contribution in [3.05, 3.63) is 22.7 Å². The van der Waals surface area contributed by atoms with Crippen LogP contribution in [0, 0.1) is 24.2 Å². The van der Waals surface area contributed by atoms with Crippen LogP contribution in [0.5, 0.6) is 5.75 Å². The zero-order valence-corrected chi connectivity index (χ0v) is 11.3. The number of nitrogens with zero attached hydrogens (tertiary/aromatic N) is 1. The number of nitrogens with one attached hydrogen (secondary N) is 1. The van der Waals surface area contributed by atoms with E-state index in [4.69, 9.17) is 21.6 Å². The van der Waals surface area contributed by atoms with Gasteiger partial charge in [-0.05, 0) is 24.5 Å². The first-order valence-electron chi connectivity index (χ1n) is 5.50. The molecule has 0 radical (unpaired) electrons. The van der Waals surface area contributed by atoms with Crippen molar-refractivity contribution in [1.29, 1.82) is 5.26 Å². The minimum absolute atomic E-state index is 0.223. The summed E-state index contributed by atoms with van der Waals surface area (Å²) in [6.45, 7) is 5.91. The van der Waals surface area contributed by atoms with E-state index < -0.39 is 0 Å². The van der Waals surface area contributed by atoms with Crippen molar-refractivity contribution in [3.63, 3.8) is 0 Å². The molecule has 0 amide bonds. The molecule has 0 bridgehead atoms. The molecule has 1 atom stereocenters. The molecule has 0 fully saturated rings. The molecule has 0 spiro atoms. The molecule has 1 aromatic carbocycles. The van der Waals surface area contributed by atoms with Crippen LogP contribution in [0.4, 0.5) is 5.69 Å². The van der Waals surface area contributed by atoms with Gasteiger partial charge in [0.25, 0.3) is 0 Å². The van der Waals surface area contributed by atoms with Gasteiger partial charge in [0.15, 0.2) is 0 Å². The number of anilines is 1. The third kappa shape index (κ3) is 3.28. The lowest BCUT2D eigenvalue weighted by Gasteiger charge is -2.19. The topological polar surface area (TPSA) is 45.0 Å². The van der Waals surface area contributed by atoms with Crippen molar-refractivity contribution in [2.45, 2.75) is 26.8 Å². The van der Waals surface area contributed by atoms with Crippen LogP contribution in [0.15, 0.2) is 12.1 Å². The van der Waals surface area contributed by atoms with Crippen LogP contribution in [0.3, 0.4) is 0 Å². The minimum atomic E-state index is -0.246. The molecule has 1 unspecified atom stereocenters. The fourth-order valence-electron chi connectivity index (χ4n) is 1.46. The SMILES string of the molecule is COc1cc(Cl)c(C)cc1NC(C#N)C(C)C. The van der Waals surface area contributed by atoms with Gasteiger partial charge in [-0.2, -0.15) is 5.26 Å². The molecule has 0 heterocycles. The number of ether oxygens (including phenoxy) is 1. The van der Waals surface area contributed by atoms with Gasteiger partial charge >= 0.3 is 0 Å². The first-order chi connectivity index (χ1) is 7.99. The van der Waals surface area contributed by atoms with E-state index in [0.29, 0.717) is 10.8 Å². The summed E-state index contributed by atoms with van der Waals surface area (Å²) < 4.78 is 5.25. The summed E-state index contributed by atoms with van der Waals surface area (Å²) in [5.74, 6) is 0.877. The third-order valence-electron chi connectivity index (χ3n) is 2.60. The highest BCUT2D eigenvalue weighted by Gasteiger charge is 2.15. The summed E-state index contributed by atoms with van der Waals surface area (Å²) in [6.07, 6.45) is 0. The largest absolute Gasteiger partial charge is 0.495 e. The number of methoxy groups -OCH3 is 1. The van der Waals surface area contributed by atoms with E-state index in [1.165, 1.54) is 0 Å². The molecular formula is C13H17ClN2O. The summed E-state index contributed by atoms with van der Waals surface area (Å²) in [5.41, 5.74) is 1.75. The van der Waals surface area contributed by atoms with Crippen molar-refractivity contribution in [1.82, 2.24) is 0 Å². The molecule has 0 aliphatic rings. The molecule has 0 aliphatic heterocycles. The number of hydrogen-bond acceptors (Lipinski definition) is 3. The van der Waals surface area contributed by atoms with Crippen LogP contribution < -0.4 is 10.1 Å². The zero-order chi connectivity index (χ0) is 13.0. The van der Waals surface area contributed by atoms with Gasteiger partial charge < -0.3 is 10.1 Å². The Balaban J connectivity index is 3.05. The molecule has 1 rings (SSSR count). The van der Waals surface area contributed by atoms with Gasteiger partial charge in [0.05, 0.1) is 18.9 Å². The van der Waals surface area contributed by atoms with Crippen LogP contribution in [0.2, 0.25) is 5.02 Å². The predicted molar refractivity (Wildman–Crippen MR) is 70.6 cm³/mol. The van der Waals surface area contributed by atoms with Gasteiger partial charge in [0.2, 0.25) is 0 Å². The molecule has 0 aromatic heterocycles. The van der Waals surface area contributed by atoms with Gasteiger partial charge in [-0.15, -0.1) is 0 Å². The van der Waals surface area contributed by atoms with Crippen molar-refractivity contribution in [2.24, 2.45) is 5.92 Å². The monoisotopic (exact) mass is 252 g/mol. The fourth-order valence-corrected chi connectivity index (χ4v) is 1.61. The number of rotatable bonds is 4. The number of halogens is 1. The molecule has 3 nitrogen and oxygen atoms in total. The maximum atomic E-state index is 9.07. The van der Waals surface area contributed by atoms with Crippen LogP contribution in [-0.4, -0.2) is 13.2 Å². The lowest BCUT2D eigenvalue weighted by Crippen LogP contribution is -2.23. The average Bonchev–Trinajstić information content (AvgIpc) is 2.29. The summed E-state index contributed by atoms with van der Waals surface area (Å²) >= 11 is 6.02. The maximum Gasteiger partial charge on any atom is 0.143 e. The van der Waals surface area contributed by atoms with E-state index in [2.05, 4.69) is 11.4 Å². The van der Waals surface area contributed by atoms with Gasteiger partial charge in [0, 0.05) is 11.1 Å². The molecule has 17 heavy (non-hydrogen) atoms. The molecule has 0 saturated heterocycles. The summed E-state index contributed by atoms with van der Waals surface area (Å²) in [4.78, 5) is 0. The molecule has 1 N–H and O–H groups in total. The van der Waals surface area contributed by atoms with Crippen LogP contribution >= 0.6 is 11.6 Å². The second kappa shape index (κ2) is 5.79. The fraction of sp³-hybridized carbons (Fsp3) is 0.462. The van der Waals surface area contributed by atoms with E-state index in [9.17, 15) is 0 Å². The van der Waals surface area contributed by atoms with Crippen LogP contribution in [0.1, 0.15) is 19.4 Å². The van der Waals surface area contributed by atoms with E-state index in [1.54, 1.807) is 13.2 Å². The number of benzene rings is 1. The Hall–Kier alpha value is -1.40. The maximum absolute atomic E-state index is 9.07. The second-order valence-corrected chi connectivity index (χ2v) is 4.70. The van der Waals surface area contributed by atoms with Gasteiger partial charge in [-0.25, -0.2) is 0 Å². The Morgan fingerprint density at radius 3 is 2.53 bits per heavy atom. The second-order valence-electron chi connectivity index (χ2n) is 4.30. The zero-order valence-electron chi connectivity index (χ0n) is 10.5. The number of aryl methyl sites for hydroxylation is 1. The highest BCUT2D eigenvalue weighted by atomic mass is 35.5. The third-order valence-corrected chi connectivity index (χ3v) is 3.00. The average molecular weight is 253 g/mol. The van der Waals surface area contributed by atoms with Gasteiger partial charge in [0.1, 0.15) is 11.8 Å². The van der Waals surface area contributed by atoms with E-state index in [1.807, 2.05) is 26.8 Å². The van der Waals surface area contributed by atoms with Crippen molar-refractivity contribution in [3.8, 4) is 11.8 Å². The first-order valence-corrected chi connectivity index (χ1v) is 5.87. The Labute approximate surface area is 107 Å². The standard InChI is InChI=1S/C13H17ClN2O/c1-8(2)12(7-15)16-11-5-9(3)10(14)6-13(11)17-4/h5-6,8,12,16H,1-4H3. The summed E-state index contributed by atoms with van der Waals surface area (Å²) in [7, 11) is 1.59. The predicted octanol–water partition coefficient (Wildman–Crippen LogP) is 3.62. The highest BCUT2D eigenvalue weighted by molar-refractivity contribution is 6.31. The number of hydrogen-bond donors (Lipinski definition) is 1. The molecule has 1 aromatic rings. The number of nitriles is 1. The van der Waals surface area contributed by atoms with E-state index >= 15 is 0 Å². The normalized spacial score (nSPS) is 12.1. The molecule has 4 heteroatoms. The summed E-state index contributed by atoms with van der Waals surface area (Å²) in [6, 6.07) is 5.64. The molecular weight excluding hydrogens is 236 g/mol. The van der Waals surface area contributed by atoms with Gasteiger partial charge in [-0.1, -0.05) is 25.4 Å².